The molecule has 112 valence electrons. The average Bonchev–Trinajstić information content (AvgIpc) is 2.38. The number of carbonyl (C=O) groups is 1. The van der Waals surface area contributed by atoms with Crippen LogP contribution in [0, 0.1) is 0 Å². The van der Waals surface area contributed by atoms with E-state index >= 15 is 0 Å². The molecule has 0 spiro atoms. The van der Waals surface area contributed by atoms with Crippen LogP contribution in [0.1, 0.15) is 30.1 Å². The van der Waals surface area contributed by atoms with Gasteiger partial charge in [-0.3, -0.25) is 4.79 Å². The van der Waals surface area contributed by atoms with Gasteiger partial charge in [0, 0.05) is 17.7 Å². The largest absolute Gasteiger partial charge is 0.282 e. The number of halogens is 4. The molecule has 0 saturated heterocycles. The predicted octanol–water partition coefficient (Wildman–Crippen LogP) is 4.67. The summed E-state index contributed by atoms with van der Waals surface area (Å²) in [7, 11) is 0. The molecular weight excluding hydrogens is 292 g/mol. The SMILES string of the molecule is CC(F)C(F)(F)CC(F)CCSC(=O)c1ccccc1. The van der Waals surface area contributed by atoms with Crippen molar-refractivity contribution in [2.24, 2.45) is 0 Å². The van der Waals surface area contributed by atoms with Gasteiger partial charge in [0.2, 0.25) is 5.12 Å². The summed E-state index contributed by atoms with van der Waals surface area (Å²) in [5, 5.41) is -0.233. The monoisotopic (exact) mass is 308 g/mol. The Morgan fingerprint density at radius 3 is 2.40 bits per heavy atom. The van der Waals surface area contributed by atoms with Crippen molar-refractivity contribution in [1.29, 1.82) is 0 Å². The van der Waals surface area contributed by atoms with Crippen molar-refractivity contribution in [3.63, 3.8) is 0 Å². The lowest BCUT2D eigenvalue weighted by Crippen LogP contribution is -2.31. The average molecular weight is 308 g/mol. The van der Waals surface area contributed by atoms with Crippen molar-refractivity contribution < 1.29 is 22.4 Å². The van der Waals surface area contributed by atoms with Gasteiger partial charge in [0.25, 0.3) is 5.92 Å². The highest BCUT2D eigenvalue weighted by Crippen LogP contribution is 2.29. The fraction of sp³-hybridized carbons (Fsp3) is 0.500. The van der Waals surface area contributed by atoms with Crippen molar-refractivity contribution in [3.05, 3.63) is 35.9 Å². The van der Waals surface area contributed by atoms with Gasteiger partial charge >= 0.3 is 0 Å². The molecule has 0 aliphatic heterocycles. The Morgan fingerprint density at radius 2 is 1.85 bits per heavy atom. The van der Waals surface area contributed by atoms with E-state index in [1.807, 2.05) is 0 Å². The molecule has 0 bridgehead atoms. The number of benzene rings is 1. The minimum absolute atomic E-state index is 0.0889. The Labute approximate surface area is 119 Å². The van der Waals surface area contributed by atoms with E-state index < -0.39 is 24.7 Å². The highest BCUT2D eigenvalue weighted by molar-refractivity contribution is 8.14. The highest BCUT2D eigenvalue weighted by atomic mass is 32.2. The van der Waals surface area contributed by atoms with Crippen molar-refractivity contribution in [1.82, 2.24) is 0 Å². The second kappa shape index (κ2) is 7.67. The van der Waals surface area contributed by atoms with Crippen LogP contribution in [0.4, 0.5) is 17.6 Å². The third-order valence-corrected chi connectivity index (χ3v) is 3.69. The Morgan fingerprint density at radius 1 is 1.25 bits per heavy atom. The number of carbonyl (C=O) groups excluding carboxylic acids is 1. The van der Waals surface area contributed by atoms with E-state index in [0.717, 1.165) is 11.8 Å². The second-order valence-electron chi connectivity index (χ2n) is 4.47. The molecule has 0 heterocycles. The van der Waals surface area contributed by atoms with Crippen LogP contribution < -0.4 is 0 Å². The molecule has 2 unspecified atom stereocenters. The summed E-state index contributed by atoms with van der Waals surface area (Å²) >= 11 is 0.875. The fourth-order valence-corrected chi connectivity index (χ4v) is 2.36. The van der Waals surface area contributed by atoms with Gasteiger partial charge in [-0.15, -0.1) is 0 Å². The van der Waals surface area contributed by atoms with E-state index in [1.54, 1.807) is 30.3 Å². The van der Waals surface area contributed by atoms with Crippen LogP contribution in [0.15, 0.2) is 30.3 Å². The lowest BCUT2D eigenvalue weighted by molar-refractivity contribution is -0.0854. The second-order valence-corrected chi connectivity index (χ2v) is 5.54. The molecule has 0 amide bonds. The molecule has 0 N–H and O–H groups in total. The first-order chi connectivity index (χ1) is 9.33. The van der Waals surface area contributed by atoms with E-state index in [-0.39, 0.29) is 17.3 Å². The lowest BCUT2D eigenvalue weighted by atomic mass is 10.1. The van der Waals surface area contributed by atoms with Crippen LogP contribution in [-0.4, -0.2) is 29.1 Å². The normalized spacial score (nSPS) is 14.8. The maximum atomic E-state index is 13.3. The molecule has 1 rings (SSSR count). The Hall–Kier alpha value is -1.04. The van der Waals surface area contributed by atoms with Crippen LogP contribution in [0.5, 0.6) is 0 Å². The van der Waals surface area contributed by atoms with Crippen molar-refractivity contribution in [3.8, 4) is 0 Å². The fourth-order valence-electron chi connectivity index (χ4n) is 1.50. The number of thioether (sulfide) groups is 1. The Bertz CT molecular complexity index is 422. The van der Waals surface area contributed by atoms with Gasteiger partial charge in [-0.2, -0.15) is 0 Å². The quantitative estimate of drug-likeness (QED) is 0.681. The summed E-state index contributed by atoms with van der Waals surface area (Å²) in [6.07, 6.45) is -5.55. The van der Waals surface area contributed by atoms with E-state index in [9.17, 15) is 22.4 Å². The first kappa shape index (κ1) is 17.0. The van der Waals surface area contributed by atoms with E-state index in [4.69, 9.17) is 0 Å². The summed E-state index contributed by atoms with van der Waals surface area (Å²) < 4.78 is 51.8. The summed E-state index contributed by atoms with van der Waals surface area (Å²) in [5.41, 5.74) is 0.482. The number of rotatable bonds is 7. The van der Waals surface area contributed by atoms with Gasteiger partial charge in [0.15, 0.2) is 6.17 Å². The zero-order chi connectivity index (χ0) is 15.2. The smallest absolute Gasteiger partial charge is 0.281 e. The Kier molecular flexibility index (Phi) is 6.52. The third-order valence-electron chi connectivity index (χ3n) is 2.75. The zero-order valence-corrected chi connectivity index (χ0v) is 11.8. The zero-order valence-electron chi connectivity index (χ0n) is 11.0. The molecule has 0 saturated carbocycles. The maximum Gasteiger partial charge on any atom is 0.281 e. The molecule has 0 aliphatic rings. The molecule has 0 aromatic heterocycles. The van der Waals surface area contributed by atoms with E-state index in [0.29, 0.717) is 12.5 Å². The highest BCUT2D eigenvalue weighted by Gasteiger charge is 2.39. The van der Waals surface area contributed by atoms with Crippen molar-refractivity contribution in [2.75, 3.05) is 5.75 Å². The summed E-state index contributed by atoms with van der Waals surface area (Å²) in [4.78, 5) is 11.7. The van der Waals surface area contributed by atoms with E-state index in [2.05, 4.69) is 0 Å². The minimum atomic E-state index is -3.66. The van der Waals surface area contributed by atoms with Crippen molar-refractivity contribution >= 4 is 16.9 Å². The minimum Gasteiger partial charge on any atom is -0.282 e. The molecule has 0 aliphatic carbocycles. The molecule has 1 aromatic carbocycles. The topological polar surface area (TPSA) is 17.1 Å². The molecule has 1 nitrogen and oxygen atoms in total. The van der Waals surface area contributed by atoms with Crippen LogP contribution >= 0.6 is 11.8 Å². The van der Waals surface area contributed by atoms with Gasteiger partial charge in [-0.25, -0.2) is 17.6 Å². The third kappa shape index (κ3) is 5.53. The van der Waals surface area contributed by atoms with Gasteiger partial charge in [0.05, 0.1) is 0 Å². The Balaban J connectivity index is 2.32. The predicted molar refractivity (Wildman–Crippen MR) is 72.9 cm³/mol. The van der Waals surface area contributed by atoms with Gasteiger partial charge in [0.1, 0.15) is 6.17 Å². The number of alkyl halides is 4. The van der Waals surface area contributed by atoms with Crippen LogP contribution in [0.3, 0.4) is 0 Å². The van der Waals surface area contributed by atoms with Crippen LogP contribution in [0.25, 0.3) is 0 Å². The molecule has 20 heavy (non-hydrogen) atoms. The number of hydrogen-bond donors (Lipinski definition) is 0. The van der Waals surface area contributed by atoms with Crippen LogP contribution in [-0.2, 0) is 0 Å². The first-order valence-electron chi connectivity index (χ1n) is 6.21. The number of hydrogen-bond acceptors (Lipinski definition) is 2. The van der Waals surface area contributed by atoms with E-state index in [1.165, 1.54) is 0 Å². The van der Waals surface area contributed by atoms with Crippen molar-refractivity contribution in [2.45, 2.75) is 38.0 Å². The van der Waals surface area contributed by atoms with Gasteiger partial charge in [-0.1, -0.05) is 42.1 Å². The summed E-state index contributed by atoms with van der Waals surface area (Å²) in [6.45, 7) is 0.709. The standard InChI is InChI=1S/C14H16F4OS/c1-10(15)14(17,18)9-12(16)7-8-20-13(19)11-5-3-2-4-6-11/h2-6,10,12H,7-9H2,1H3. The molecule has 2 atom stereocenters. The lowest BCUT2D eigenvalue weighted by Gasteiger charge is -2.19. The molecule has 0 fully saturated rings. The molecule has 6 heteroatoms. The molecule has 0 radical (unpaired) electrons. The first-order valence-corrected chi connectivity index (χ1v) is 7.19. The molecular formula is C14H16F4OS. The molecule has 1 aromatic rings. The van der Waals surface area contributed by atoms with Crippen LogP contribution in [0.2, 0.25) is 0 Å². The maximum absolute atomic E-state index is 13.3. The summed E-state index contributed by atoms with van der Waals surface area (Å²) in [6, 6.07) is 8.42. The van der Waals surface area contributed by atoms with Gasteiger partial charge in [-0.05, 0) is 13.3 Å². The van der Waals surface area contributed by atoms with Gasteiger partial charge < -0.3 is 0 Å². The summed E-state index contributed by atoms with van der Waals surface area (Å²) in [5.74, 6) is -3.57.